The first-order valence-corrected chi connectivity index (χ1v) is 9.90. The van der Waals surface area contributed by atoms with Crippen molar-refractivity contribution in [2.45, 2.75) is 38.9 Å². The van der Waals surface area contributed by atoms with Gasteiger partial charge in [-0.1, -0.05) is 30.8 Å². The molecule has 3 rings (SSSR count). The van der Waals surface area contributed by atoms with E-state index in [1.165, 1.54) is 11.8 Å². The molecule has 3 aromatic rings. The van der Waals surface area contributed by atoms with Crippen molar-refractivity contribution in [3.8, 4) is 11.4 Å². The van der Waals surface area contributed by atoms with Crippen molar-refractivity contribution >= 4 is 23.4 Å². The number of amides is 1. The van der Waals surface area contributed by atoms with E-state index in [9.17, 15) is 4.79 Å². The fourth-order valence-electron chi connectivity index (χ4n) is 2.72. The van der Waals surface area contributed by atoms with Gasteiger partial charge in [-0.2, -0.15) is 0 Å². The molecule has 0 aliphatic carbocycles. The van der Waals surface area contributed by atoms with Crippen molar-refractivity contribution < 1.29 is 4.79 Å². The Labute approximate surface area is 163 Å². The van der Waals surface area contributed by atoms with E-state index in [4.69, 9.17) is 0 Å². The largest absolute Gasteiger partial charge is 0.325 e. The van der Waals surface area contributed by atoms with Crippen molar-refractivity contribution in [3.05, 3.63) is 53.9 Å². The number of aromatic nitrogens is 4. The third-order valence-electron chi connectivity index (χ3n) is 4.08. The Balaban J connectivity index is 1.71. The van der Waals surface area contributed by atoms with Crippen LogP contribution in [0.15, 0.2) is 47.9 Å². The van der Waals surface area contributed by atoms with Gasteiger partial charge in [-0.05, 0) is 49.6 Å². The zero-order chi connectivity index (χ0) is 19.2. The second kappa shape index (κ2) is 8.81. The SMILES string of the molecule is CCCn1c(SCC(=O)Nc2cc(C)ccc2C)nnc1-c1cccnc1. The average Bonchev–Trinajstić information content (AvgIpc) is 3.07. The van der Waals surface area contributed by atoms with Gasteiger partial charge in [0.1, 0.15) is 0 Å². The van der Waals surface area contributed by atoms with Gasteiger partial charge < -0.3 is 9.88 Å². The number of thioether (sulfide) groups is 1. The number of hydrogen-bond donors (Lipinski definition) is 1. The lowest BCUT2D eigenvalue weighted by Crippen LogP contribution is -2.15. The van der Waals surface area contributed by atoms with Crippen LogP contribution in [0.1, 0.15) is 24.5 Å². The highest BCUT2D eigenvalue weighted by Gasteiger charge is 2.15. The third-order valence-corrected chi connectivity index (χ3v) is 5.05. The number of carbonyl (C=O) groups is 1. The average molecular weight is 382 g/mol. The van der Waals surface area contributed by atoms with Crippen LogP contribution in [0.25, 0.3) is 11.4 Å². The molecule has 0 fully saturated rings. The van der Waals surface area contributed by atoms with E-state index in [1.807, 2.05) is 48.7 Å². The Hall–Kier alpha value is -2.67. The highest BCUT2D eigenvalue weighted by Crippen LogP contribution is 2.24. The van der Waals surface area contributed by atoms with E-state index >= 15 is 0 Å². The highest BCUT2D eigenvalue weighted by molar-refractivity contribution is 7.99. The molecule has 0 saturated carbocycles. The van der Waals surface area contributed by atoms with E-state index < -0.39 is 0 Å². The summed E-state index contributed by atoms with van der Waals surface area (Å²) in [5.41, 5.74) is 3.94. The number of pyridine rings is 1. The van der Waals surface area contributed by atoms with E-state index in [-0.39, 0.29) is 11.7 Å². The first-order chi connectivity index (χ1) is 13.1. The second-order valence-electron chi connectivity index (χ2n) is 6.35. The van der Waals surface area contributed by atoms with E-state index in [0.29, 0.717) is 0 Å². The Morgan fingerprint density at radius 2 is 2.07 bits per heavy atom. The Kier molecular flexibility index (Phi) is 6.24. The summed E-state index contributed by atoms with van der Waals surface area (Å²) in [6.07, 6.45) is 4.46. The number of benzene rings is 1. The molecule has 0 radical (unpaired) electrons. The zero-order valence-corrected chi connectivity index (χ0v) is 16.6. The van der Waals surface area contributed by atoms with Crippen LogP contribution in [0.4, 0.5) is 5.69 Å². The molecule has 2 heterocycles. The first-order valence-electron chi connectivity index (χ1n) is 8.92. The molecule has 7 heteroatoms. The third kappa shape index (κ3) is 4.74. The first kappa shape index (κ1) is 19.1. The molecule has 0 atom stereocenters. The number of rotatable bonds is 7. The monoisotopic (exact) mass is 381 g/mol. The fraction of sp³-hybridized carbons (Fsp3) is 0.300. The summed E-state index contributed by atoms with van der Waals surface area (Å²) in [4.78, 5) is 16.6. The van der Waals surface area contributed by atoms with Crippen molar-refractivity contribution in [1.29, 1.82) is 0 Å². The van der Waals surface area contributed by atoms with Crippen molar-refractivity contribution in [1.82, 2.24) is 19.7 Å². The quantitative estimate of drug-likeness (QED) is 0.624. The number of nitrogens with zero attached hydrogens (tertiary/aromatic N) is 4. The lowest BCUT2D eigenvalue weighted by atomic mass is 10.1. The van der Waals surface area contributed by atoms with Crippen molar-refractivity contribution in [2.75, 3.05) is 11.1 Å². The van der Waals surface area contributed by atoms with Gasteiger partial charge in [-0.25, -0.2) is 0 Å². The maximum atomic E-state index is 12.4. The second-order valence-corrected chi connectivity index (χ2v) is 7.30. The zero-order valence-electron chi connectivity index (χ0n) is 15.8. The predicted molar refractivity (Wildman–Crippen MR) is 109 cm³/mol. The molecule has 27 heavy (non-hydrogen) atoms. The Bertz CT molecular complexity index is 923. The standard InChI is InChI=1S/C20H23N5OS/c1-4-10-25-19(16-6-5-9-21-12-16)23-24-20(25)27-13-18(26)22-17-11-14(2)7-8-15(17)3/h5-9,11-12H,4,10,13H2,1-3H3,(H,22,26). The van der Waals surface area contributed by atoms with Gasteiger partial charge in [0.05, 0.1) is 5.75 Å². The van der Waals surface area contributed by atoms with Crippen LogP contribution in [-0.2, 0) is 11.3 Å². The Morgan fingerprint density at radius 3 is 2.81 bits per heavy atom. The fourth-order valence-corrected chi connectivity index (χ4v) is 3.48. The van der Waals surface area contributed by atoms with Gasteiger partial charge in [-0.3, -0.25) is 9.78 Å². The summed E-state index contributed by atoms with van der Waals surface area (Å²) in [5.74, 6) is 1.01. The topological polar surface area (TPSA) is 72.7 Å². The molecule has 6 nitrogen and oxygen atoms in total. The molecule has 0 bridgehead atoms. The molecular formula is C20H23N5OS. The molecule has 0 spiro atoms. The molecule has 1 aromatic carbocycles. The number of anilines is 1. The van der Waals surface area contributed by atoms with Gasteiger partial charge in [-0.15, -0.1) is 10.2 Å². The van der Waals surface area contributed by atoms with Crippen molar-refractivity contribution in [2.24, 2.45) is 0 Å². The molecule has 0 saturated heterocycles. The molecule has 0 aliphatic rings. The number of carbonyl (C=O) groups excluding carboxylic acids is 1. The minimum Gasteiger partial charge on any atom is -0.325 e. The van der Waals surface area contributed by atoms with E-state index in [2.05, 4.69) is 27.4 Å². The normalized spacial score (nSPS) is 10.8. The molecule has 140 valence electrons. The van der Waals surface area contributed by atoms with Gasteiger partial charge in [0.25, 0.3) is 0 Å². The predicted octanol–water partition coefficient (Wildman–Crippen LogP) is 4.10. The summed E-state index contributed by atoms with van der Waals surface area (Å²) in [7, 11) is 0. The summed E-state index contributed by atoms with van der Waals surface area (Å²) in [6.45, 7) is 6.89. The molecular weight excluding hydrogens is 358 g/mol. The van der Waals surface area contributed by atoms with Crippen molar-refractivity contribution in [3.63, 3.8) is 0 Å². The molecule has 1 amide bonds. The number of aryl methyl sites for hydroxylation is 2. The van der Waals surface area contributed by atoms with Crippen LogP contribution in [0.5, 0.6) is 0 Å². The summed E-state index contributed by atoms with van der Waals surface area (Å²) in [6, 6.07) is 9.87. The van der Waals surface area contributed by atoms with Crippen LogP contribution in [-0.4, -0.2) is 31.4 Å². The lowest BCUT2D eigenvalue weighted by molar-refractivity contribution is -0.113. The van der Waals surface area contributed by atoms with Crippen LogP contribution >= 0.6 is 11.8 Å². The Morgan fingerprint density at radius 1 is 1.22 bits per heavy atom. The number of hydrogen-bond acceptors (Lipinski definition) is 5. The maximum Gasteiger partial charge on any atom is 0.234 e. The maximum absolute atomic E-state index is 12.4. The smallest absolute Gasteiger partial charge is 0.234 e. The molecule has 2 aromatic heterocycles. The van der Waals surface area contributed by atoms with E-state index in [0.717, 1.165) is 46.3 Å². The van der Waals surface area contributed by atoms with Crippen LogP contribution < -0.4 is 5.32 Å². The molecule has 0 aliphatic heterocycles. The number of nitrogens with one attached hydrogen (secondary N) is 1. The summed E-state index contributed by atoms with van der Waals surface area (Å²) in [5, 5.41) is 12.3. The summed E-state index contributed by atoms with van der Waals surface area (Å²) >= 11 is 1.40. The van der Waals surface area contributed by atoms with Gasteiger partial charge in [0, 0.05) is 30.2 Å². The minimum absolute atomic E-state index is 0.0531. The summed E-state index contributed by atoms with van der Waals surface area (Å²) < 4.78 is 2.05. The van der Waals surface area contributed by atoms with Gasteiger partial charge in [0.2, 0.25) is 5.91 Å². The minimum atomic E-state index is -0.0531. The van der Waals surface area contributed by atoms with Gasteiger partial charge >= 0.3 is 0 Å². The van der Waals surface area contributed by atoms with E-state index in [1.54, 1.807) is 12.4 Å². The lowest BCUT2D eigenvalue weighted by Gasteiger charge is -2.10. The molecule has 0 unspecified atom stereocenters. The van der Waals surface area contributed by atoms with Crippen LogP contribution in [0.3, 0.4) is 0 Å². The van der Waals surface area contributed by atoms with Crippen LogP contribution in [0, 0.1) is 13.8 Å². The van der Waals surface area contributed by atoms with Gasteiger partial charge in [0.15, 0.2) is 11.0 Å². The van der Waals surface area contributed by atoms with Crippen LogP contribution in [0.2, 0.25) is 0 Å². The molecule has 1 N–H and O–H groups in total. The highest BCUT2D eigenvalue weighted by atomic mass is 32.2.